The standard InChI is InChI=1S/C24H37N5O2.3ClH/c30-19-18-27-16-14-26(15-17-27)10-3-4-11-28-12-5-7-22(20-28)24(31)25-29-13-9-21-6-1-2-8-23(21)29;;;/h1-2,6,8-9,13,22,30H,3-5,7,10-12,14-20H2,(H,25,31);3*1H. The molecule has 10 heteroatoms. The van der Waals surface area contributed by atoms with E-state index in [1.54, 1.807) is 0 Å². The van der Waals surface area contributed by atoms with Crippen molar-refractivity contribution < 1.29 is 9.90 Å². The van der Waals surface area contributed by atoms with Crippen molar-refractivity contribution >= 4 is 54.0 Å². The maximum absolute atomic E-state index is 12.9. The normalized spacial score (nSPS) is 19.6. The van der Waals surface area contributed by atoms with Crippen LogP contribution in [0.5, 0.6) is 0 Å². The Labute approximate surface area is 222 Å². The lowest BCUT2D eigenvalue weighted by molar-refractivity contribution is -0.122. The highest BCUT2D eigenvalue weighted by Gasteiger charge is 2.26. The zero-order chi connectivity index (χ0) is 21.5. The zero-order valence-electron chi connectivity index (χ0n) is 19.8. The molecule has 0 aliphatic carbocycles. The second-order valence-electron chi connectivity index (χ2n) is 8.97. The average molecular weight is 537 g/mol. The molecule has 7 nitrogen and oxygen atoms in total. The molecule has 3 heterocycles. The highest BCUT2D eigenvalue weighted by Crippen LogP contribution is 2.19. The molecule has 1 aromatic heterocycles. The van der Waals surface area contributed by atoms with Gasteiger partial charge in [-0.25, -0.2) is 0 Å². The lowest BCUT2D eigenvalue weighted by Crippen LogP contribution is -2.47. The van der Waals surface area contributed by atoms with E-state index in [0.717, 1.165) is 82.6 Å². The first-order valence-corrected chi connectivity index (χ1v) is 11.9. The highest BCUT2D eigenvalue weighted by molar-refractivity contribution is 5.89. The van der Waals surface area contributed by atoms with Crippen molar-refractivity contribution in [3.05, 3.63) is 36.5 Å². The van der Waals surface area contributed by atoms with Gasteiger partial charge in [0.05, 0.1) is 18.0 Å². The van der Waals surface area contributed by atoms with Gasteiger partial charge in [-0.1, -0.05) is 18.2 Å². The van der Waals surface area contributed by atoms with Crippen molar-refractivity contribution in [2.45, 2.75) is 25.7 Å². The molecule has 2 aliphatic heterocycles. The van der Waals surface area contributed by atoms with Crippen molar-refractivity contribution in [3.8, 4) is 0 Å². The number of aliphatic hydroxyl groups is 1. The van der Waals surface area contributed by atoms with E-state index in [-0.39, 0.29) is 55.7 Å². The molecule has 1 unspecified atom stereocenters. The second kappa shape index (κ2) is 15.8. The van der Waals surface area contributed by atoms with Crippen LogP contribution in [0.4, 0.5) is 0 Å². The van der Waals surface area contributed by atoms with Crippen LogP contribution in [0.3, 0.4) is 0 Å². The van der Waals surface area contributed by atoms with Gasteiger partial charge < -0.3 is 14.9 Å². The number of hydrogen-bond acceptors (Lipinski definition) is 5. The summed E-state index contributed by atoms with van der Waals surface area (Å²) in [5.41, 5.74) is 4.15. The van der Waals surface area contributed by atoms with Crippen LogP contribution < -0.4 is 5.43 Å². The first-order chi connectivity index (χ1) is 15.2. The van der Waals surface area contributed by atoms with Crippen molar-refractivity contribution in [2.75, 3.05) is 70.9 Å². The third-order valence-corrected chi connectivity index (χ3v) is 6.79. The number of para-hydroxylation sites is 1. The van der Waals surface area contributed by atoms with E-state index >= 15 is 0 Å². The molecule has 2 fully saturated rings. The maximum atomic E-state index is 12.9. The van der Waals surface area contributed by atoms with Crippen LogP contribution in [-0.4, -0.2) is 95.9 Å². The fraction of sp³-hybridized carbons (Fsp3) is 0.625. The number of piperidine rings is 1. The summed E-state index contributed by atoms with van der Waals surface area (Å²) in [5.74, 6) is 0.196. The third kappa shape index (κ3) is 8.55. The number of likely N-dealkylation sites (tertiary alicyclic amines) is 1. The minimum atomic E-state index is 0. The van der Waals surface area contributed by atoms with Gasteiger partial charge >= 0.3 is 0 Å². The Bertz CT molecular complexity index is 845. The molecule has 0 saturated carbocycles. The van der Waals surface area contributed by atoms with E-state index < -0.39 is 0 Å². The molecule has 2 aromatic rings. The lowest BCUT2D eigenvalue weighted by atomic mass is 9.97. The van der Waals surface area contributed by atoms with Gasteiger partial charge in [0.15, 0.2) is 0 Å². The first kappa shape index (κ1) is 31.0. The molecule has 2 N–H and O–H groups in total. The predicted molar refractivity (Wildman–Crippen MR) is 146 cm³/mol. The summed E-state index contributed by atoms with van der Waals surface area (Å²) >= 11 is 0. The minimum Gasteiger partial charge on any atom is -0.395 e. The largest absolute Gasteiger partial charge is 0.395 e. The number of fused-ring (bicyclic) bond motifs is 1. The Kier molecular flexibility index (Phi) is 14.4. The topological polar surface area (TPSA) is 64.0 Å². The van der Waals surface area contributed by atoms with Crippen LogP contribution in [-0.2, 0) is 4.79 Å². The van der Waals surface area contributed by atoms with Crippen molar-refractivity contribution in [1.82, 2.24) is 19.4 Å². The lowest BCUT2D eigenvalue weighted by Gasteiger charge is -2.35. The first-order valence-electron chi connectivity index (χ1n) is 11.9. The minimum absolute atomic E-state index is 0. The Morgan fingerprint density at radius 1 is 0.882 bits per heavy atom. The molecule has 0 spiro atoms. The Morgan fingerprint density at radius 2 is 1.53 bits per heavy atom. The van der Waals surface area contributed by atoms with Gasteiger partial charge in [0.2, 0.25) is 5.91 Å². The summed E-state index contributed by atoms with van der Waals surface area (Å²) in [5, 5.41) is 10.2. The van der Waals surface area contributed by atoms with Crippen molar-refractivity contribution in [1.29, 1.82) is 0 Å². The van der Waals surface area contributed by atoms with E-state index in [2.05, 4.69) is 26.2 Å². The molecule has 1 atom stereocenters. The smallest absolute Gasteiger partial charge is 0.243 e. The molecule has 0 bridgehead atoms. The number of aliphatic hydroxyl groups excluding tert-OH is 1. The quantitative estimate of drug-likeness (QED) is 0.482. The molecule has 194 valence electrons. The number of nitrogens with one attached hydrogen (secondary N) is 1. The summed E-state index contributed by atoms with van der Waals surface area (Å²) in [7, 11) is 0. The van der Waals surface area contributed by atoms with Crippen LogP contribution in [0.25, 0.3) is 10.9 Å². The fourth-order valence-electron chi connectivity index (χ4n) is 4.91. The highest BCUT2D eigenvalue weighted by atomic mass is 35.5. The number of aromatic nitrogens is 1. The van der Waals surface area contributed by atoms with Gasteiger partial charge in [-0.2, -0.15) is 0 Å². The van der Waals surface area contributed by atoms with E-state index in [4.69, 9.17) is 5.11 Å². The number of β-amino-alcohol motifs (C(OH)–C–C–N with tert-alkyl or cyclic N) is 1. The number of amides is 1. The van der Waals surface area contributed by atoms with Gasteiger partial charge in [0, 0.05) is 50.9 Å². The second-order valence-corrected chi connectivity index (χ2v) is 8.97. The molecule has 34 heavy (non-hydrogen) atoms. The fourth-order valence-corrected chi connectivity index (χ4v) is 4.91. The van der Waals surface area contributed by atoms with Gasteiger partial charge in [-0.3, -0.25) is 19.8 Å². The molecule has 2 saturated heterocycles. The number of nitrogens with zero attached hydrogens (tertiary/aromatic N) is 4. The third-order valence-electron chi connectivity index (χ3n) is 6.79. The van der Waals surface area contributed by atoms with Crippen molar-refractivity contribution in [3.63, 3.8) is 0 Å². The van der Waals surface area contributed by atoms with Gasteiger partial charge in [-0.15, -0.1) is 37.2 Å². The average Bonchev–Trinajstić information content (AvgIpc) is 3.21. The van der Waals surface area contributed by atoms with E-state index in [1.807, 2.05) is 35.1 Å². The molecule has 1 aromatic carbocycles. The summed E-state index contributed by atoms with van der Waals surface area (Å²) < 4.78 is 1.86. The molecule has 4 rings (SSSR count). The van der Waals surface area contributed by atoms with Crippen LogP contribution in [0.2, 0.25) is 0 Å². The summed E-state index contributed by atoms with van der Waals surface area (Å²) in [6.45, 7) is 9.64. The van der Waals surface area contributed by atoms with Crippen LogP contribution in [0, 0.1) is 5.92 Å². The number of piperazine rings is 1. The number of carbonyl (C=O) groups is 1. The van der Waals surface area contributed by atoms with Crippen LogP contribution in [0.1, 0.15) is 25.7 Å². The number of carbonyl (C=O) groups excluding carboxylic acids is 1. The Hall–Kier alpha value is -1.06. The predicted octanol–water partition coefficient (Wildman–Crippen LogP) is 3.08. The van der Waals surface area contributed by atoms with E-state index in [1.165, 1.54) is 12.8 Å². The molecule has 1 amide bonds. The van der Waals surface area contributed by atoms with Gasteiger partial charge in [-0.05, 0) is 57.5 Å². The SMILES string of the molecule is Cl.Cl.Cl.O=C(Nn1ccc2ccccc21)C1CCCN(CCCCN2CCN(CCO)CC2)C1. The van der Waals surface area contributed by atoms with Crippen LogP contribution in [0.15, 0.2) is 36.5 Å². The number of benzene rings is 1. The zero-order valence-corrected chi connectivity index (χ0v) is 22.3. The van der Waals surface area contributed by atoms with Gasteiger partial charge in [0.25, 0.3) is 0 Å². The summed E-state index contributed by atoms with van der Waals surface area (Å²) in [6, 6.07) is 10.2. The number of unbranched alkanes of at least 4 members (excludes halogenated alkanes) is 1. The van der Waals surface area contributed by atoms with Crippen LogP contribution >= 0.6 is 37.2 Å². The number of halogens is 3. The van der Waals surface area contributed by atoms with E-state index in [9.17, 15) is 4.79 Å². The maximum Gasteiger partial charge on any atom is 0.243 e. The van der Waals surface area contributed by atoms with Gasteiger partial charge in [0.1, 0.15) is 0 Å². The molecule has 2 aliphatic rings. The Morgan fingerprint density at radius 3 is 2.24 bits per heavy atom. The monoisotopic (exact) mass is 535 g/mol. The molecular formula is C24H40Cl3N5O2. The molecule has 0 radical (unpaired) electrons. The Balaban J connectivity index is 0.00000193. The van der Waals surface area contributed by atoms with Crippen molar-refractivity contribution in [2.24, 2.45) is 5.92 Å². The number of hydrogen-bond donors (Lipinski definition) is 2. The summed E-state index contributed by atoms with van der Waals surface area (Å²) in [6.07, 6.45) is 6.40. The van der Waals surface area contributed by atoms with E-state index in [0.29, 0.717) is 0 Å². The summed E-state index contributed by atoms with van der Waals surface area (Å²) in [4.78, 5) is 20.2. The molecular weight excluding hydrogens is 497 g/mol. The number of rotatable bonds is 9.